The lowest BCUT2D eigenvalue weighted by Gasteiger charge is -2.17. The number of fused-ring (bicyclic) bond motifs is 1. The summed E-state index contributed by atoms with van der Waals surface area (Å²) in [5.74, 6) is 0.281. The van der Waals surface area contributed by atoms with Crippen LogP contribution < -0.4 is 10.1 Å². The number of carbonyl (C=O) groups is 1. The van der Waals surface area contributed by atoms with Gasteiger partial charge in [0.25, 0.3) is 0 Å². The number of likely N-dealkylation sites (N-methyl/N-ethyl adjacent to an activating group) is 1. The standard InChI is InChI=1S/C22H24N2O4S/c1-16(2)28-20-11-9-19(10-12-20)23-22(25)15-24(3)29(26,27)21-13-8-17-6-4-5-7-18(17)14-21/h4-14,16H,15H2,1-3H3,(H,23,25). The molecule has 1 amide bonds. The quantitative estimate of drug-likeness (QED) is 0.639. The van der Waals surface area contributed by atoms with E-state index in [9.17, 15) is 13.2 Å². The van der Waals surface area contributed by atoms with E-state index in [1.165, 1.54) is 7.05 Å². The van der Waals surface area contributed by atoms with Crippen molar-refractivity contribution in [1.82, 2.24) is 4.31 Å². The highest BCUT2D eigenvalue weighted by Gasteiger charge is 2.23. The van der Waals surface area contributed by atoms with Crippen LogP contribution in [0.4, 0.5) is 5.69 Å². The van der Waals surface area contributed by atoms with Crippen molar-refractivity contribution < 1.29 is 17.9 Å². The number of rotatable bonds is 7. The van der Waals surface area contributed by atoms with Gasteiger partial charge in [-0.05, 0) is 61.0 Å². The van der Waals surface area contributed by atoms with Crippen molar-refractivity contribution >= 4 is 32.4 Å². The van der Waals surface area contributed by atoms with E-state index >= 15 is 0 Å². The van der Waals surface area contributed by atoms with Crippen LogP contribution in [0.3, 0.4) is 0 Å². The molecule has 1 N–H and O–H groups in total. The van der Waals surface area contributed by atoms with Crippen molar-refractivity contribution in [2.75, 3.05) is 18.9 Å². The monoisotopic (exact) mass is 412 g/mol. The Labute approximate surface area is 171 Å². The summed E-state index contributed by atoms with van der Waals surface area (Å²) in [5, 5.41) is 4.49. The molecule has 3 aromatic carbocycles. The van der Waals surface area contributed by atoms with Gasteiger partial charge in [-0.2, -0.15) is 4.31 Å². The van der Waals surface area contributed by atoms with Crippen molar-refractivity contribution in [3.05, 3.63) is 66.7 Å². The first-order chi connectivity index (χ1) is 13.8. The van der Waals surface area contributed by atoms with Crippen LogP contribution in [0.5, 0.6) is 5.75 Å². The van der Waals surface area contributed by atoms with E-state index in [-0.39, 0.29) is 17.5 Å². The number of hydrogen-bond donors (Lipinski definition) is 1. The largest absolute Gasteiger partial charge is 0.491 e. The molecular formula is C22H24N2O4S. The summed E-state index contributed by atoms with van der Waals surface area (Å²) in [7, 11) is -2.39. The summed E-state index contributed by atoms with van der Waals surface area (Å²) in [6.45, 7) is 3.57. The highest BCUT2D eigenvalue weighted by Crippen LogP contribution is 2.21. The number of carbonyl (C=O) groups excluding carboxylic acids is 1. The molecule has 0 saturated carbocycles. The molecule has 0 aromatic heterocycles. The minimum absolute atomic E-state index is 0.0596. The van der Waals surface area contributed by atoms with Gasteiger partial charge in [0, 0.05) is 12.7 Å². The molecule has 152 valence electrons. The lowest BCUT2D eigenvalue weighted by molar-refractivity contribution is -0.116. The van der Waals surface area contributed by atoms with Crippen LogP contribution >= 0.6 is 0 Å². The summed E-state index contributed by atoms with van der Waals surface area (Å²) in [6, 6.07) is 19.4. The van der Waals surface area contributed by atoms with Crippen molar-refractivity contribution in [1.29, 1.82) is 0 Å². The van der Waals surface area contributed by atoms with Crippen LogP contribution in [0.25, 0.3) is 10.8 Å². The van der Waals surface area contributed by atoms with Gasteiger partial charge < -0.3 is 10.1 Å². The van der Waals surface area contributed by atoms with E-state index in [1.807, 2.05) is 38.1 Å². The Kier molecular flexibility index (Phi) is 6.20. The number of ether oxygens (including phenoxy) is 1. The third-order valence-corrected chi connectivity index (χ3v) is 6.10. The molecule has 0 heterocycles. The first kappa shape index (κ1) is 20.8. The Bertz CT molecular complexity index is 1110. The zero-order valence-electron chi connectivity index (χ0n) is 16.6. The second-order valence-corrected chi connectivity index (χ2v) is 9.05. The molecule has 0 aliphatic carbocycles. The van der Waals surface area contributed by atoms with Gasteiger partial charge in [0.05, 0.1) is 17.5 Å². The van der Waals surface area contributed by atoms with Gasteiger partial charge in [-0.1, -0.05) is 30.3 Å². The fourth-order valence-electron chi connectivity index (χ4n) is 2.88. The molecule has 0 aliphatic heterocycles. The first-order valence-corrected chi connectivity index (χ1v) is 10.7. The number of benzene rings is 3. The molecule has 0 unspecified atom stereocenters. The molecule has 0 bridgehead atoms. The van der Waals surface area contributed by atoms with Crippen LogP contribution in [0, 0.1) is 0 Å². The normalized spacial score (nSPS) is 11.8. The molecule has 0 fully saturated rings. The van der Waals surface area contributed by atoms with E-state index < -0.39 is 15.9 Å². The van der Waals surface area contributed by atoms with Gasteiger partial charge >= 0.3 is 0 Å². The summed E-state index contributed by atoms with van der Waals surface area (Å²) < 4.78 is 32.3. The maximum absolute atomic E-state index is 12.8. The Morgan fingerprint density at radius 3 is 2.31 bits per heavy atom. The van der Waals surface area contributed by atoms with Gasteiger partial charge in [-0.15, -0.1) is 0 Å². The lowest BCUT2D eigenvalue weighted by Crippen LogP contribution is -2.34. The molecule has 6 nitrogen and oxygen atoms in total. The summed E-state index contributed by atoms with van der Waals surface area (Å²) >= 11 is 0. The van der Waals surface area contributed by atoms with Crippen molar-refractivity contribution in [3.63, 3.8) is 0 Å². The van der Waals surface area contributed by atoms with E-state index in [4.69, 9.17) is 4.74 Å². The second-order valence-electron chi connectivity index (χ2n) is 7.01. The van der Waals surface area contributed by atoms with Crippen LogP contribution in [-0.4, -0.2) is 38.3 Å². The average molecular weight is 413 g/mol. The molecule has 0 atom stereocenters. The Hall–Kier alpha value is -2.90. The number of anilines is 1. The third kappa shape index (κ3) is 5.13. The fraction of sp³-hybridized carbons (Fsp3) is 0.227. The SMILES string of the molecule is CC(C)Oc1ccc(NC(=O)CN(C)S(=O)(=O)c2ccc3ccccc3c2)cc1. The van der Waals surface area contributed by atoms with Gasteiger partial charge in [0.1, 0.15) is 5.75 Å². The molecule has 0 saturated heterocycles. The topological polar surface area (TPSA) is 75.7 Å². The van der Waals surface area contributed by atoms with Gasteiger partial charge in [-0.3, -0.25) is 4.79 Å². The molecular weight excluding hydrogens is 388 g/mol. The highest BCUT2D eigenvalue weighted by molar-refractivity contribution is 7.89. The summed E-state index contributed by atoms with van der Waals surface area (Å²) in [6.07, 6.45) is 0.0596. The molecule has 3 rings (SSSR count). The molecule has 3 aromatic rings. The molecule has 0 spiro atoms. The van der Waals surface area contributed by atoms with Crippen molar-refractivity contribution in [2.45, 2.75) is 24.8 Å². The maximum Gasteiger partial charge on any atom is 0.243 e. The molecule has 0 radical (unpaired) electrons. The summed E-state index contributed by atoms with van der Waals surface area (Å²) in [5.41, 5.74) is 0.572. The van der Waals surface area contributed by atoms with Gasteiger partial charge in [0.2, 0.25) is 15.9 Å². The predicted octanol–water partition coefficient (Wildman–Crippen LogP) is 3.89. The van der Waals surface area contributed by atoms with Crippen LogP contribution in [-0.2, 0) is 14.8 Å². The fourth-order valence-corrected chi connectivity index (χ4v) is 4.05. The van der Waals surface area contributed by atoms with Crippen LogP contribution in [0.1, 0.15) is 13.8 Å². The minimum atomic E-state index is -3.79. The lowest BCUT2D eigenvalue weighted by atomic mass is 10.1. The Balaban J connectivity index is 1.67. The van der Waals surface area contributed by atoms with Crippen LogP contribution in [0.15, 0.2) is 71.6 Å². The molecule has 7 heteroatoms. The zero-order valence-corrected chi connectivity index (χ0v) is 17.4. The number of sulfonamides is 1. The maximum atomic E-state index is 12.8. The second kappa shape index (κ2) is 8.63. The number of nitrogens with zero attached hydrogens (tertiary/aromatic N) is 1. The van der Waals surface area contributed by atoms with Gasteiger partial charge in [0.15, 0.2) is 0 Å². The summed E-state index contributed by atoms with van der Waals surface area (Å²) in [4.78, 5) is 12.5. The number of amides is 1. The van der Waals surface area contributed by atoms with Gasteiger partial charge in [-0.25, -0.2) is 8.42 Å². The van der Waals surface area contributed by atoms with E-state index in [2.05, 4.69) is 5.32 Å². The molecule has 0 aliphatic rings. The minimum Gasteiger partial charge on any atom is -0.491 e. The van der Waals surface area contributed by atoms with Crippen molar-refractivity contribution in [3.8, 4) is 5.75 Å². The van der Waals surface area contributed by atoms with E-state index in [0.717, 1.165) is 15.1 Å². The number of nitrogens with one attached hydrogen (secondary N) is 1. The predicted molar refractivity (Wildman–Crippen MR) is 115 cm³/mol. The third-order valence-electron chi connectivity index (χ3n) is 4.31. The average Bonchev–Trinajstić information content (AvgIpc) is 2.68. The van der Waals surface area contributed by atoms with Crippen molar-refractivity contribution in [2.24, 2.45) is 0 Å². The Morgan fingerprint density at radius 2 is 1.66 bits per heavy atom. The zero-order chi connectivity index (χ0) is 21.0. The smallest absolute Gasteiger partial charge is 0.243 e. The molecule has 29 heavy (non-hydrogen) atoms. The van der Waals surface area contributed by atoms with Crippen LogP contribution in [0.2, 0.25) is 0 Å². The first-order valence-electron chi connectivity index (χ1n) is 9.27. The number of hydrogen-bond acceptors (Lipinski definition) is 4. The Morgan fingerprint density at radius 1 is 1.00 bits per heavy atom. The van der Waals surface area contributed by atoms with E-state index in [0.29, 0.717) is 11.4 Å². The highest BCUT2D eigenvalue weighted by atomic mass is 32.2. The van der Waals surface area contributed by atoms with E-state index in [1.54, 1.807) is 42.5 Å².